The number of aromatic hydroxyl groups is 1. The van der Waals surface area contributed by atoms with Gasteiger partial charge in [-0.05, 0) is 93.5 Å². The minimum Gasteiger partial charge on any atom is -0.508 e. The molecule has 2 atom stereocenters. The molecule has 0 unspecified atom stereocenters. The Kier molecular flexibility index (Phi) is 6.86. The molecule has 2 aromatic heterocycles. The van der Waals surface area contributed by atoms with Crippen molar-refractivity contribution in [2.45, 2.75) is 52.0 Å². The fraction of sp³-hybridized carbons (Fsp3) is 0.448. The van der Waals surface area contributed by atoms with Crippen LogP contribution < -0.4 is 10.6 Å². The number of phenolic OH excluding ortho intramolecular Hbond substituents is 1. The number of rotatable bonds is 6. The van der Waals surface area contributed by atoms with E-state index in [1.165, 1.54) is 0 Å². The third-order valence-electron chi connectivity index (χ3n) is 8.18. The fourth-order valence-corrected chi connectivity index (χ4v) is 6.47. The molecule has 0 bridgehead atoms. The number of furan rings is 1. The van der Waals surface area contributed by atoms with Crippen LogP contribution in [0.1, 0.15) is 58.9 Å². The van der Waals surface area contributed by atoms with E-state index in [1.807, 2.05) is 45.0 Å². The molecule has 1 aliphatic heterocycles. The van der Waals surface area contributed by atoms with Gasteiger partial charge < -0.3 is 20.2 Å². The van der Waals surface area contributed by atoms with E-state index in [9.17, 15) is 14.7 Å². The highest BCUT2D eigenvalue weighted by Crippen LogP contribution is 2.50. The lowest BCUT2D eigenvalue weighted by atomic mass is 9.58. The summed E-state index contributed by atoms with van der Waals surface area (Å²) in [7, 11) is 0. The van der Waals surface area contributed by atoms with Crippen molar-refractivity contribution in [1.82, 2.24) is 20.1 Å². The van der Waals surface area contributed by atoms with Crippen LogP contribution >= 0.6 is 0 Å². The van der Waals surface area contributed by atoms with Crippen molar-refractivity contribution >= 4 is 11.9 Å². The molecule has 1 aromatic carbocycles. The molecule has 3 aromatic rings. The SMILES string of the molecule is CCNC(=O)c1c(C)c2c(n1C(=O)NCC)C[C@]1(c3cccc(O)c3)CCN(Cc3ccco3)C[C@H]1C2. The Labute approximate surface area is 217 Å². The second-order valence-corrected chi connectivity index (χ2v) is 10.3. The molecular weight excluding hydrogens is 468 g/mol. The smallest absolute Gasteiger partial charge is 0.326 e. The van der Waals surface area contributed by atoms with Crippen LogP contribution in [0.2, 0.25) is 0 Å². The zero-order chi connectivity index (χ0) is 26.2. The first-order chi connectivity index (χ1) is 17.9. The van der Waals surface area contributed by atoms with Gasteiger partial charge >= 0.3 is 6.03 Å². The average molecular weight is 505 g/mol. The number of fused-ring (bicyclic) bond motifs is 2. The maximum Gasteiger partial charge on any atom is 0.326 e. The Balaban J connectivity index is 1.62. The highest BCUT2D eigenvalue weighted by Gasteiger charge is 2.49. The molecule has 196 valence electrons. The van der Waals surface area contributed by atoms with Crippen LogP contribution in [0.5, 0.6) is 5.75 Å². The minimum atomic E-state index is -0.270. The van der Waals surface area contributed by atoms with Crippen LogP contribution in [0, 0.1) is 12.8 Å². The summed E-state index contributed by atoms with van der Waals surface area (Å²) >= 11 is 0. The largest absolute Gasteiger partial charge is 0.508 e. The number of nitrogens with zero attached hydrogens (tertiary/aromatic N) is 2. The van der Waals surface area contributed by atoms with Gasteiger partial charge in [-0.15, -0.1) is 0 Å². The first kappa shape index (κ1) is 25.1. The number of likely N-dealkylation sites (tertiary alicyclic amines) is 1. The number of hydrogen-bond donors (Lipinski definition) is 3. The van der Waals surface area contributed by atoms with Crippen molar-refractivity contribution in [3.8, 4) is 5.75 Å². The Morgan fingerprint density at radius 2 is 1.97 bits per heavy atom. The molecule has 2 aliphatic rings. The van der Waals surface area contributed by atoms with Crippen LogP contribution in [0.25, 0.3) is 0 Å². The summed E-state index contributed by atoms with van der Waals surface area (Å²) in [5.74, 6) is 1.21. The lowest BCUT2D eigenvalue weighted by Crippen LogP contribution is -2.54. The molecule has 5 rings (SSSR count). The number of aromatic nitrogens is 1. The number of amides is 2. The van der Waals surface area contributed by atoms with Gasteiger partial charge in [-0.2, -0.15) is 0 Å². The zero-order valence-electron chi connectivity index (χ0n) is 21.8. The highest BCUT2D eigenvalue weighted by molar-refractivity contribution is 5.99. The van der Waals surface area contributed by atoms with Crippen molar-refractivity contribution < 1.29 is 19.1 Å². The van der Waals surface area contributed by atoms with Crippen LogP contribution in [-0.2, 0) is 24.8 Å². The van der Waals surface area contributed by atoms with Crippen molar-refractivity contribution in [3.05, 3.63) is 76.5 Å². The number of hydrogen-bond acceptors (Lipinski definition) is 5. The molecule has 37 heavy (non-hydrogen) atoms. The molecule has 1 aliphatic carbocycles. The first-order valence-corrected chi connectivity index (χ1v) is 13.2. The van der Waals surface area contributed by atoms with Crippen molar-refractivity contribution in [1.29, 1.82) is 0 Å². The van der Waals surface area contributed by atoms with E-state index in [4.69, 9.17) is 4.42 Å². The molecule has 3 heterocycles. The van der Waals surface area contributed by atoms with Gasteiger partial charge in [0.15, 0.2) is 0 Å². The topological polar surface area (TPSA) is 99.7 Å². The van der Waals surface area contributed by atoms with Gasteiger partial charge in [0.05, 0.1) is 12.8 Å². The number of phenols is 1. The van der Waals surface area contributed by atoms with Crippen molar-refractivity contribution in [2.75, 3.05) is 26.2 Å². The summed E-state index contributed by atoms with van der Waals surface area (Å²) in [6.07, 6.45) is 3.96. The fourth-order valence-electron chi connectivity index (χ4n) is 6.47. The second-order valence-electron chi connectivity index (χ2n) is 10.3. The molecule has 0 saturated carbocycles. The Hall–Kier alpha value is -3.52. The van der Waals surface area contributed by atoms with Gasteiger partial charge in [0.2, 0.25) is 0 Å². The molecule has 3 N–H and O–H groups in total. The van der Waals surface area contributed by atoms with Gasteiger partial charge in [-0.3, -0.25) is 14.3 Å². The van der Waals surface area contributed by atoms with Gasteiger partial charge in [0.1, 0.15) is 17.2 Å². The van der Waals surface area contributed by atoms with Crippen molar-refractivity contribution in [3.63, 3.8) is 0 Å². The monoisotopic (exact) mass is 504 g/mol. The predicted molar refractivity (Wildman–Crippen MR) is 141 cm³/mol. The predicted octanol–water partition coefficient (Wildman–Crippen LogP) is 3.98. The number of carbonyl (C=O) groups is 2. The Bertz CT molecular complexity index is 1300. The third kappa shape index (κ3) is 4.44. The number of piperidine rings is 1. The van der Waals surface area contributed by atoms with E-state index in [1.54, 1.807) is 16.9 Å². The first-order valence-electron chi connectivity index (χ1n) is 13.2. The minimum absolute atomic E-state index is 0.227. The van der Waals surface area contributed by atoms with E-state index in [0.29, 0.717) is 25.2 Å². The normalized spacial score (nSPS) is 21.2. The molecule has 1 saturated heterocycles. The van der Waals surface area contributed by atoms with Gasteiger partial charge in [0.25, 0.3) is 5.91 Å². The number of benzene rings is 1. The third-order valence-corrected chi connectivity index (χ3v) is 8.18. The zero-order valence-corrected chi connectivity index (χ0v) is 21.8. The van der Waals surface area contributed by atoms with Gasteiger partial charge in [-0.1, -0.05) is 12.1 Å². The summed E-state index contributed by atoms with van der Waals surface area (Å²) < 4.78 is 7.24. The summed E-state index contributed by atoms with van der Waals surface area (Å²) in [5, 5.41) is 16.2. The lowest BCUT2D eigenvalue weighted by molar-refractivity contribution is 0.0710. The van der Waals surface area contributed by atoms with Crippen LogP contribution in [0.4, 0.5) is 4.79 Å². The maximum absolute atomic E-state index is 13.4. The molecular formula is C29H36N4O4. The van der Waals surface area contributed by atoms with Crippen LogP contribution in [-0.4, -0.2) is 52.7 Å². The maximum atomic E-state index is 13.4. The Morgan fingerprint density at radius 1 is 1.16 bits per heavy atom. The standard InChI is InChI=1S/C29H36N4O4/c1-4-30-27(35)26-19(3)24-15-21-17-32(18-23-10-7-13-37-23)12-11-29(21,20-8-6-9-22(34)14-20)16-25(24)33(26)28(36)31-5-2/h6-10,13-14,21,34H,4-5,11-12,15-18H2,1-3H3,(H,30,35)(H,31,36)/t21-,29+/m1/s1. The quantitative estimate of drug-likeness (QED) is 0.472. The number of nitrogens with one attached hydrogen (secondary N) is 2. The molecule has 0 spiro atoms. The molecule has 0 radical (unpaired) electrons. The Morgan fingerprint density at radius 3 is 2.68 bits per heavy atom. The second kappa shape index (κ2) is 10.1. The molecule has 2 amide bonds. The van der Waals surface area contributed by atoms with E-state index in [0.717, 1.165) is 60.6 Å². The van der Waals surface area contributed by atoms with E-state index in [2.05, 4.69) is 21.6 Å². The summed E-state index contributed by atoms with van der Waals surface area (Å²) in [4.78, 5) is 29.0. The van der Waals surface area contributed by atoms with Crippen molar-refractivity contribution in [2.24, 2.45) is 5.92 Å². The average Bonchev–Trinajstić information content (AvgIpc) is 3.49. The van der Waals surface area contributed by atoms with E-state index in [-0.39, 0.29) is 29.0 Å². The van der Waals surface area contributed by atoms with Crippen LogP contribution in [0.3, 0.4) is 0 Å². The van der Waals surface area contributed by atoms with Gasteiger partial charge in [0, 0.05) is 30.7 Å². The lowest BCUT2D eigenvalue weighted by Gasteiger charge is -2.51. The molecule has 8 nitrogen and oxygen atoms in total. The molecule has 8 heteroatoms. The summed E-state index contributed by atoms with van der Waals surface area (Å²) in [5.41, 5.74) is 4.12. The summed E-state index contributed by atoms with van der Waals surface area (Å²) in [6, 6.07) is 11.2. The number of carbonyl (C=O) groups excluding carboxylic acids is 2. The highest BCUT2D eigenvalue weighted by atomic mass is 16.3. The van der Waals surface area contributed by atoms with E-state index >= 15 is 0 Å². The molecule has 1 fully saturated rings. The van der Waals surface area contributed by atoms with Gasteiger partial charge in [-0.25, -0.2) is 4.79 Å². The van der Waals surface area contributed by atoms with Crippen LogP contribution in [0.15, 0.2) is 47.1 Å². The summed E-state index contributed by atoms with van der Waals surface area (Å²) in [6.45, 7) is 9.16. The van der Waals surface area contributed by atoms with E-state index < -0.39 is 0 Å².